The number of hydrogen-bond acceptors (Lipinski definition) is 6. The normalized spacial score (nSPS) is 11.9. The summed E-state index contributed by atoms with van der Waals surface area (Å²) in [7, 11) is 1.28. The fourth-order valence-electron chi connectivity index (χ4n) is 2.70. The number of aromatic nitrogens is 2. The molecule has 0 bridgehead atoms. The summed E-state index contributed by atoms with van der Waals surface area (Å²) in [6.45, 7) is 1.69. The molecule has 134 valence electrons. The highest BCUT2D eigenvalue weighted by atomic mass is 32.1. The molecule has 0 radical (unpaired) electrons. The van der Waals surface area contributed by atoms with E-state index in [1.54, 1.807) is 6.92 Å². The number of methoxy groups -OCH3 is 1. The zero-order valence-electron chi connectivity index (χ0n) is 14.2. The number of amides is 1. The summed E-state index contributed by atoms with van der Waals surface area (Å²) in [4.78, 5) is 44.2. The van der Waals surface area contributed by atoms with E-state index in [1.165, 1.54) is 13.4 Å². The van der Waals surface area contributed by atoms with E-state index in [-0.39, 0.29) is 5.56 Å². The molecule has 0 aliphatic carbocycles. The van der Waals surface area contributed by atoms with Gasteiger partial charge in [-0.25, -0.2) is 9.78 Å². The number of H-pyrrole nitrogens is 1. The second kappa shape index (κ2) is 7.49. The van der Waals surface area contributed by atoms with Gasteiger partial charge in [0, 0.05) is 6.42 Å². The second-order valence-electron chi connectivity index (χ2n) is 5.71. The molecule has 8 heteroatoms. The summed E-state index contributed by atoms with van der Waals surface area (Å²) in [5.41, 5.74) is 1.14. The Morgan fingerprint density at radius 3 is 2.69 bits per heavy atom. The lowest BCUT2D eigenvalue weighted by molar-refractivity contribution is -0.142. The van der Waals surface area contributed by atoms with Crippen LogP contribution in [0, 0.1) is 6.92 Å². The summed E-state index contributed by atoms with van der Waals surface area (Å²) in [5.74, 6) is -0.965. The molecule has 0 aliphatic heterocycles. The van der Waals surface area contributed by atoms with Gasteiger partial charge in [0.1, 0.15) is 10.9 Å². The minimum absolute atomic E-state index is 0.295. The Morgan fingerprint density at radius 1 is 1.31 bits per heavy atom. The van der Waals surface area contributed by atoms with Gasteiger partial charge >= 0.3 is 5.97 Å². The van der Waals surface area contributed by atoms with E-state index in [4.69, 9.17) is 4.74 Å². The third-order valence-electron chi connectivity index (χ3n) is 4.01. The highest BCUT2D eigenvalue weighted by Gasteiger charge is 2.25. The number of nitrogens with zero attached hydrogens (tertiary/aromatic N) is 1. The van der Waals surface area contributed by atoms with Crippen LogP contribution >= 0.6 is 11.3 Å². The van der Waals surface area contributed by atoms with E-state index in [9.17, 15) is 14.4 Å². The molecule has 1 amide bonds. The molecule has 2 heterocycles. The lowest BCUT2D eigenvalue weighted by Crippen LogP contribution is -2.43. The van der Waals surface area contributed by atoms with Crippen molar-refractivity contribution in [2.75, 3.05) is 7.11 Å². The Hall–Kier alpha value is -3.00. The maximum atomic E-state index is 12.7. The monoisotopic (exact) mass is 371 g/mol. The number of rotatable bonds is 5. The van der Waals surface area contributed by atoms with Crippen molar-refractivity contribution in [2.24, 2.45) is 0 Å². The predicted molar refractivity (Wildman–Crippen MR) is 98.4 cm³/mol. The maximum absolute atomic E-state index is 12.7. The molecule has 1 unspecified atom stereocenters. The lowest BCUT2D eigenvalue weighted by atomic mass is 10.1. The summed E-state index contributed by atoms with van der Waals surface area (Å²) in [6.07, 6.45) is 1.61. The molecule has 1 aromatic carbocycles. The molecule has 0 saturated heterocycles. The number of aromatic amines is 1. The molecule has 26 heavy (non-hydrogen) atoms. The van der Waals surface area contributed by atoms with E-state index in [0.717, 1.165) is 16.9 Å². The van der Waals surface area contributed by atoms with E-state index in [1.807, 2.05) is 30.3 Å². The molecular formula is C18H17N3O4S. The van der Waals surface area contributed by atoms with Gasteiger partial charge in [0.15, 0.2) is 0 Å². The molecule has 0 aliphatic rings. The van der Waals surface area contributed by atoms with E-state index >= 15 is 0 Å². The number of carbonyl (C=O) groups excluding carboxylic acids is 2. The molecule has 0 fully saturated rings. The number of fused-ring (bicyclic) bond motifs is 1. The maximum Gasteiger partial charge on any atom is 0.328 e. The minimum atomic E-state index is -0.828. The highest BCUT2D eigenvalue weighted by molar-refractivity contribution is 7.20. The number of nitrogens with one attached hydrogen (secondary N) is 2. The molecule has 0 spiro atoms. The first kappa shape index (κ1) is 17.8. The van der Waals surface area contributed by atoms with Gasteiger partial charge in [0.05, 0.1) is 23.7 Å². The third kappa shape index (κ3) is 3.50. The molecular weight excluding hydrogens is 354 g/mol. The second-order valence-corrected chi connectivity index (χ2v) is 6.71. The predicted octanol–water partition coefficient (Wildman–Crippen LogP) is 1.81. The topological polar surface area (TPSA) is 101 Å². The van der Waals surface area contributed by atoms with Crippen LogP contribution in [0.15, 0.2) is 41.5 Å². The van der Waals surface area contributed by atoms with Gasteiger partial charge in [-0.15, -0.1) is 11.3 Å². The van der Waals surface area contributed by atoms with E-state index in [2.05, 4.69) is 15.3 Å². The van der Waals surface area contributed by atoms with E-state index in [0.29, 0.717) is 27.1 Å². The number of ether oxygens (including phenoxy) is 1. The zero-order valence-corrected chi connectivity index (χ0v) is 15.1. The SMILES string of the molecule is COC(=O)C(Cc1ccccc1)NC(=O)c1sc2nc[nH]c(=O)c2c1C. The van der Waals surface area contributed by atoms with Crippen LogP contribution < -0.4 is 10.9 Å². The Balaban J connectivity index is 1.88. The summed E-state index contributed by atoms with van der Waals surface area (Å²) in [5, 5.41) is 3.10. The number of benzene rings is 1. The van der Waals surface area contributed by atoms with Gasteiger partial charge in [-0.05, 0) is 18.1 Å². The number of hydrogen-bond donors (Lipinski definition) is 2. The van der Waals surface area contributed by atoms with Gasteiger partial charge in [-0.3, -0.25) is 9.59 Å². The van der Waals surface area contributed by atoms with Crippen molar-refractivity contribution in [3.8, 4) is 0 Å². The Kier molecular flexibility index (Phi) is 5.13. The van der Waals surface area contributed by atoms with Crippen molar-refractivity contribution in [3.05, 3.63) is 63.0 Å². The van der Waals surface area contributed by atoms with Gasteiger partial charge in [-0.2, -0.15) is 0 Å². The molecule has 2 N–H and O–H groups in total. The van der Waals surface area contributed by atoms with Crippen LogP contribution in [0.5, 0.6) is 0 Å². The van der Waals surface area contributed by atoms with Crippen molar-refractivity contribution in [1.29, 1.82) is 0 Å². The van der Waals surface area contributed by atoms with Crippen molar-refractivity contribution in [2.45, 2.75) is 19.4 Å². The first-order chi connectivity index (χ1) is 12.5. The average molecular weight is 371 g/mol. The van der Waals surface area contributed by atoms with Crippen molar-refractivity contribution >= 4 is 33.4 Å². The zero-order chi connectivity index (χ0) is 18.7. The molecule has 2 aromatic heterocycles. The standard InChI is InChI=1S/C18H17N3O4S/c1-10-13-15(22)19-9-20-17(13)26-14(10)16(23)21-12(18(24)25-2)8-11-6-4-3-5-7-11/h3-7,9,12H,8H2,1-2H3,(H,21,23)(H,19,20,22). The number of carbonyl (C=O) groups is 2. The van der Waals surface area contributed by atoms with Gasteiger partial charge in [-0.1, -0.05) is 30.3 Å². The van der Waals surface area contributed by atoms with E-state index < -0.39 is 17.9 Å². The average Bonchev–Trinajstić information content (AvgIpc) is 2.99. The summed E-state index contributed by atoms with van der Waals surface area (Å²) < 4.78 is 4.81. The van der Waals surface area contributed by atoms with Crippen molar-refractivity contribution < 1.29 is 14.3 Å². The summed E-state index contributed by atoms with van der Waals surface area (Å²) >= 11 is 1.12. The molecule has 3 aromatic rings. The number of thiophene rings is 1. The molecule has 7 nitrogen and oxygen atoms in total. The number of esters is 1. The van der Waals surface area contributed by atoms with Crippen LogP contribution in [-0.2, 0) is 16.0 Å². The largest absolute Gasteiger partial charge is 0.467 e. The Morgan fingerprint density at radius 2 is 2.04 bits per heavy atom. The molecule has 3 rings (SSSR count). The summed E-state index contributed by atoms with van der Waals surface area (Å²) in [6, 6.07) is 8.51. The Bertz CT molecular complexity index is 1010. The van der Waals surface area contributed by atoms with Crippen LogP contribution in [0.4, 0.5) is 0 Å². The fourth-order valence-corrected chi connectivity index (χ4v) is 3.76. The minimum Gasteiger partial charge on any atom is -0.467 e. The smallest absolute Gasteiger partial charge is 0.328 e. The first-order valence-corrected chi connectivity index (χ1v) is 8.72. The molecule has 1 atom stereocenters. The van der Waals surface area contributed by atoms with Crippen molar-refractivity contribution in [3.63, 3.8) is 0 Å². The van der Waals surface area contributed by atoms with Crippen LogP contribution in [0.25, 0.3) is 10.2 Å². The quantitative estimate of drug-likeness (QED) is 0.666. The third-order valence-corrected chi connectivity index (χ3v) is 5.21. The molecule has 0 saturated carbocycles. The van der Waals surface area contributed by atoms with Crippen LogP contribution in [0.3, 0.4) is 0 Å². The first-order valence-electron chi connectivity index (χ1n) is 7.90. The highest BCUT2D eigenvalue weighted by Crippen LogP contribution is 2.26. The van der Waals surface area contributed by atoms with Crippen LogP contribution in [0.2, 0.25) is 0 Å². The van der Waals surface area contributed by atoms with Crippen LogP contribution in [-0.4, -0.2) is 35.0 Å². The van der Waals surface area contributed by atoms with Crippen LogP contribution in [0.1, 0.15) is 20.8 Å². The fraction of sp³-hybridized carbons (Fsp3) is 0.222. The van der Waals surface area contributed by atoms with Gasteiger partial charge in [0.2, 0.25) is 0 Å². The van der Waals surface area contributed by atoms with Crippen molar-refractivity contribution in [1.82, 2.24) is 15.3 Å². The number of aryl methyl sites for hydroxylation is 1. The lowest BCUT2D eigenvalue weighted by Gasteiger charge is -2.16. The van der Waals surface area contributed by atoms with Gasteiger partial charge in [0.25, 0.3) is 11.5 Å². The van der Waals surface area contributed by atoms with Gasteiger partial charge < -0.3 is 15.0 Å². The Labute approximate surface area is 153 Å².